The smallest absolute Gasteiger partial charge is 0.270 e. The quantitative estimate of drug-likeness (QED) is 0.565. The zero-order valence-electron chi connectivity index (χ0n) is 18.8. The van der Waals surface area contributed by atoms with E-state index in [1.54, 1.807) is 17.0 Å². The van der Waals surface area contributed by atoms with Gasteiger partial charge in [0.15, 0.2) is 0 Å². The fourth-order valence-corrected chi connectivity index (χ4v) is 6.31. The molecule has 0 saturated carbocycles. The molecule has 1 aliphatic carbocycles. The van der Waals surface area contributed by atoms with Crippen LogP contribution in [0, 0.1) is 0 Å². The van der Waals surface area contributed by atoms with Crippen LogP contribution in [-0.4, -0.2) is 35.7 Å². The number of likely N-dealkylation sites (tertiary alicyclic amines) is 1. The molecule has 4 nitrogen and oxygen atoms in total. The maximum absolute atomic E-state index is 15.9. The monoisotopic (exact) mass is 442 g/mol. The van der Waals surface area contributed by atoms with Gasteiger partial charge in [-0.15, -0.1) is 0 Å². The number of para-hydroxylation sites is 1. The number of nitrogens with zero attached hydrogens (tertiary/aromatic N) is 2. The van der Waals surface area contributed by atoms with Crippen LogP contribution in [0.25, 0.3) is 10.8 Å². The van der Waals surface area contributed by atoms with Gasteiger partial charge in [-0.05, 0) is 54.2 Å². The first-order valence-electron chi connectivity index (χ1n) is 11.8. The van der Waals surface area contributed by atoms with E-state index in [-0.39, 0.29) is 11.8 Å². The van der Waals surface area contributed by atoms with Gasteiger partial charge in [-0.25, -0.2) is 4.39 Å². The van der Waals surface area contributed by atoms with Crippen molar-refractivity contribution >= 4 is 28.2 Å². The van der Waals surface area contributed by atoms with E-state index in [4.69, 9.17) is 0 Å². The molecule has 2 atom stereocenters. The minimum absolute atomic E-state index is 0.0564. The third kappa shape index (κ3) is 3.06. The standard InChI is InChI=1S/C28H27FN2O2/c1-18(32)17-28(29)23-10-2-3-11-24(23)31(27(28)33)21-12-14-30(15-13-21)25-16-20-8-4-6-19-7-5-9-22(25)26(19)20/h2-11,21,25H,12-17H2,1H3. The second-order valence-corrected chi connectivity index (χ2v) is 9.72. The lowest BCUT2D eigenvalue weighted by Crippen LogP contribution is -2.49. The van der Waals surface area contributed by atoms with E-state index in [9.17, 15) is 9.59 Å². The largest absolute Gasteiger partial charge is 0.306 e. The van der Waals surface area contributed by atoms with Crippen molar-refractivity contribution in [3.63, 3.8) is 0 Å². The van der Waals surface area contributed by atoms with Crippen molar-refractivity contribution in [3.05, 3.63) is 77.4 Å². The lowest BCUT2D eigenvalue weighted by Gasteiger charge is -2.40. The molecule has 2 heterocycles. The van der Waals surface area contributed by atoms with E-state index in [0.29, 0.717) is 17.3 Å². The third-order valence-electron chi connectivity index (χ3n) is 7.74. The van der Waals surface area contributed by atoms with E-state index in [1.165, 1.54) is 28.8 Å². The lowest BCUT2D eigenvalue weighted by molar-refractivity contribution is -0.134. The Morgan fingerprint density at radius 3 is 2.52 bits per heavy atom. The van der Waals surface area contributed by atoms with Crippen molar-refractivity contribution in [2.45, 2.75) is 50.4 Å². The van der Waals surface area contributed by atoms with Gasteiger partial charge < -0.3 is 4.90 Å². The molecule has 3 aromatic rings. The molecule has 168 valence electrons. The Kier molecular flexibility index (Phi) is 4.66. The number of ketones is 1. The zero-order chi connectivity index (χ0) is 22.7. The second kappa shape index (κ2) is 7.49. The normalized spacial score (nSPS) is 25.1. The van der Waals surface area contributed by atoms with Crippen molar-refractivity contribution in [1.82, 2.24) is 4.90 Å². The number of alkyl halides is 1. The van der Waals surface area contributed by atoms with Gasteiger partial charge in [0.25, 0.3) is 5.91 Å². The van der Waals surface area contributed by atoms with Gasteiger partial charge in [0.05, 0.1) is 12.1 Å². The molecule has 1 saturated heterocycles. The summed E-state index contributed by atoms with van der Waals surface area (Å²) in [6, 6.07) is 20.5. The van der Waals surface area contributed by atoms with Crippen LogP contribution in [0.5, 0.6) is 0 Å². The highest BCUT2D eigenvalue weighted by Crippen LogP contribution is 2.48. The van der Waals surface area contributed by atoms with Crippen LogP contribution in [0.15, 0.2) is 60.7 Å². The molecule has 2 aliphatic heterocycles. The Morgan fingerprint density at radius 1 is 1.03 bits per heavy atom. The van der Waals surface area contributed by atoms with Crippen molar-refractivity contribution in [3.8, 4) is 0 Å². The van der Waals surface area contributed by atoms with Crippen LogP contribution in [0.1, 0.15) is 48.9 Å². The van der Waals surface area contributed by atoms with Gasteiger partial charge in [0.1, 0.15) is 5.78 Å². The fourth-order valence-electron chi connectivity index (χ4n) is 6.31. The summed E-state index contributed by atoms with van der Waals surface area (Å²) in [5.41, 5.74) is 1.52. The number of piperidine rings is 1. The zero-order valence-corrected chi connectivity index (χ0v) is 18.8. The fraction of sp³-hybridized carbons (Fsp3) is 0.357. The number of halogens is 1. The Morgan fingerprint density at radius 2 is 1.76 bits per heavy atom. The number of hydrogen-bond donors (Lipinski definition) is 0. The van der Waals surface area contributed by atoms with E-state index in [2.05, 4.69) is 41.3 Å². The summed E-state index contributed by atoms with van der Waals surface area (Å²) in [5, 5.41) is 2.69. The molecular weight excluding hydrogens is 415 g/mol. The summed E-state index contributed by atoms with van der Waals surface area (Å²) in [6.45, 7) is 3.06. The Balaban J connectivity index is 1.24. The van der Waals surface area contributed by atoms with Gasteiger partial charge in [0.2, 0.25) is 5.67 Å². The number of carbonyl (C=O) groups is 2. The molecule has 3 aromatic carbocycles. The molecule has 0 aromatic heterocycles. The molecule has 0 radical (unpaired) electrons. The number of anilines is 1. The van der Waals surface area contributed by atoms with Crippen molar-refractivity contribution in [1.29, 1.82) is 0 Å². The Bertz CT molecular complexity index is 1270. The third-order valence-corrected chi connectivity index (χ3v) is 7.74. The molecule has 0 bridgehead atoms. The molecule has 1 fully saturated rings. The van der Waals surface area contributed by atoms with Gasteiger partial charge in [-0.1, -0.05) is 54.6 Å². The molecule has 1 amide bonds. The highest BCUT2D eigenvalue weighted by Gasteiger charge is 2.54. The van der Waals surface area contributed by atoms with Crippen LogP contribution in [0.3, 0.4) is 0 Å². The molecule has 6 rings (SSSR count). The first kappa shape index (κ1) is 20.5. The van der Waals surface area contributed by atoms with E-state index in [0.717, 1.165) is 32.4 Å². The number of amides is 1. The highest BCUT2D eigenvalue weighted by molar-refractivity contribution is 6.09. The lowest BCUT2D eigenvalue weighted by atomic mass is 9.92. The van der Waals surface area contributed by atoms with E-state index < -0.39 is 18.0 Å². The predicted molar refractivity (Wildman–Crippen MR) is 127 cm³/mol. The average Bonchev–Trinajstić information content (AvgIpc) is 3.29. The van der Waals surface area contributed by atoms with E-state index >= 15 is 4.39 Å². The summed E-state index contributed by atoms with van der Waals surface area (Å²) < 4.78 is 15.9. The summed E-state index contributed by atoms with van der Waals surface area (Å²) >= 11 is 0. The van der Waals surface area contributed by atoms with E-state index in [1.807, 2.05) is 12.1 Å². The van der Waals surface area contributed by atoms with Crippen molar-refractivity contribution < 1.29 is 14.0 Å². The van der Waals surface area contributed by atoms with Gasteiger partial charge >= 0.3 is 0 Å². The van der Waals surface area contributed by atoms with Crippen LogP contribution in [0.2, 0.25) is 0 Å². The number of carbonyl (C=O) groups excluding carboxylic acids is 2. The Labute approximate surface area is 193 Å². The predicted octanol–water partition coefficient (Wildman–Crippen LogP) is 5.09. The van der Waals surface area contributed by atoms with Crippen molar-refractivity contribution in [2.75, 3.05) is 18.0 Å². The minimum Gasteiger partial charge on any atom is -0.306 e. The SMILES string of the molecule is CC(=O)CC1(F)C(=O)N(C2CCN(C3Cc4cccc5cccc3c45)CC2)c2ccccc21. The topological polar surface area (TPSA) is 40.6 Å². The number of Topliss-reactive ketones (excluding diaryl/α,β-unsaturated/α-hetero) is 1. The molecule has 3 aliphatic rings. The molecule has 2 unspecified atom stereocenters. The van der Waals surface area contributed by atoms with Crippen LogP contribution in [0.4, 0.5) is 10.1 Å². The van der Waals surface area contributed by atoms with Crippen LogP contribution in [-0.2, 0) is 21.7 Å². The number of fused-ring (bicyclic) bond motifs is 1. The number of rotatable bonds is 4. The average molecular weight is 443 g/mol. The van der Waals surface area contributed by atoms with Crippen LogP contribution < -0.4 is 4.90 Å². The number of hydrogen-bond acceptors (Lipinski definition) is 3. The molecule has 5 heteroatoms. The first-order chi connectivity index (χ1) is 16.0. The van der Waals surface area contributed by atoms with Gasteiger partial charge in [-0.2, -0.15) is 0 Å². The molecule has 33 heavy (non-hydrogen) atoms. The van der Waals surface area contributed by atoms with Crippen LogP contribution >= 0.6 is 0 Å². The number of benzene rings is 3. The summed E-state index contributed by atoms with van der Waals surface area (Å²) in [6.07, 6.45) is 2.19. The molecule has 0 N–H and O–H groups in total. The molecular formula is C28H27FN2O2. The van der Waals surface area contributed by atoms with Gasteiger partial charge in [-0.3, -0.25) is 14.5 Å². The summed E-state index contributed by atoms with van der Waals surface area (Å²) in [4.78, 5) is 29.3. The Hall–Kier alpha value is -3.05. The highest BCUT2D eigenvalue weighted by atomic mass is 19.1. The maximum atomic E-state index is 15.9. The summed E-state index contributed by atoms with van der Waals surface area (Å²) in [5.74, 6) is -0.886. The van der Waals surface area contributed by atoms with Crippen molar-refractivity contribution in [2.24, 2.45) is 0 Å². The first-order valence-corrected chi connectivity index (χ1v) is 11.8. The second-order valence-electron chi connectivity index (χ2n) is 9.72. The maximum Gasteiger partial charge on any atom is 0.270 e. The van der Waals surface area contributed by atoms with Gasteiger partial charge in [0, 0.05) is 30.7 Å². The molecule has 0 spiro atoms. The summed E-state index contributed by atoms with van der Waals surface area (Å²) in [7, 11) is 0. The minimum atomic E-state index is -2.25.